The number of benzene rings is 3. The predicted octanol–water partition coefficient (Wildman–Crippen LogP) is 4.44. The number of nitrogens with zero attached hydrogens (tertiary/aromatic N) is 1. The Bertz CT molecular complexity index is 1030. The van der Waals surface area contributed by atoms with Gasteiger partial charge in [0.15, 0.2) is 5.78 Å². The third kappa shape index (κ3) is 2.07. The van der Waals surface area contributed by atoms with Gasteiger partial charge in [-0.15, -0.1) is 0 Å². The van der Waals surface area contributed by atoms with Crippen molar-refractivity contribution in [2.45, 2.75) is 12.5 Å². The number of anilines is 1. The molecule has 0 saturated heterocycles. The van der Waals surface area contributed by atoms with Crippen LogP contribution in [0.1, 0.15) is 37.9 Å². The Hall–Kier alpha value is -3.20. The number of para-hydroxylation sites is 1. The van der Waals surface area contributed by atoms with Crippen LogP contribution in [0.25, 0.3) is 0 Å². The fourth-order valence-corrected chi connectivity index (χ4v) is 4.33. The lowest BCUT2D eigenvalue weighted by molar-refractivity contribution is 0.0907. The number of hydrogen-bond acceptors (Lipinski definition) is 2. The molecule has 1 amide bonds. The van der Waals surface area contributed by atoms with E-state index < -0.39 is 0 Å². The largest absolute Gasteiger partial charge is 0.300 e. The molecule has 3 heteroatoms. The third-order valence-electron chi connectivity index (χ3n) is 5.48. The Kier molecular flexibility index (Phi) is 3.29. The summed E-state index contributed by atoms with van der Waals surface area (Å²) in [6.45, 7) is 0. The molecule has 1 aliphatic heterocycles. The first-order valence-corrected chi connectivity index (χ1v) is 8.85. The van der Waals surface area contributed by atoms with Gasteiger partial charge in [0.2, 0.25) is 0 Å². The highest BCUT2D eigenvalue weighted by atomic mass is 16.2. The van der Waals surface area contributed by atoms with Gasteiger partial charge in [0.25, 0.3) is 5.91 Å². The molecule has 1 heterocycles. The number of carbonyl (C=O) groups excluding carboxylic acids is 2. The molecule has 2 aliphatic rings. The average Bonchev–Trinajstić information content (AvgIpc) is 3.17. The Morgan fingerprint density at radius 1 is 0.731 bits per heavy atom. The van der Waals surface area contributed by atoms with Crippen LogP contribution >= 0.6 is 0 Å². The Morgan fingerprint density at radius 2 is 1.38 bits per heavy atom. The molecule has 5 rings (SSSR count). The Balaban J connectivity index is 1.66. The fraction of sp³-hybridized carbons (Fsp3) is 0.130. The molecule has 26 heavy (non-hydrogen) atoms. The molecule has 2 unspecified atom stereocenters. The summed E-state index contributed by atoms with van der Waals surface area (Å²) in [5.41, 5.74) is 4.36. The highest BCUT2D eigenvalue weighted by molar-refractivity contribution is 6.13. The standard InChI is InChI=1S/C23H17NO2/c25-22-17-11-5-4-8-15(17)14-20(22)21-18-12-6-7-13-19(18)23(26)24(21)16-9-2-1-3-10-16/h1-13,20-21H,14H2. The van der Waals surface area contributed by atoms with Crippen molar-refractivity contribution in [3.05, 3.63) is 101 Å². The highest BCUT2D eigenvalue weighted by Gasteiger charge is 2.47. The molecule has 0 N–H and O–H groups in total. The summed E-state index contributed by atoms with van der Waals surface area (Å²) in [6, 6.07) is 24.8. The van der Waals surface area contributed by atoms with Gasteiger partial charge in [-0.2, -0.15) is 0 Å². The van der Waals surface area contributed by atoms with Gasteiger partial charge < -0.3 is 4.90 Å². The molecule has 1 aliphatic carbocycles. The van der Waals surface area contributed by atoms with E-state index in [0.29, 0.717) is 12.0 Å². The lowest BCUT2D eigenvalue weighted by Crippen LogP contribution is -2.34. The zero-order chi connectivity index (χ0) is 17.7. The lowest BCUT2D eigenvalue weighted by Gasteiger charge is -2.29. The minimum atomic E-state index is -0.263. The zero-order valence-corrected chi connectivity index (χ0v) is 14.1. The van der Waals surface area contributed by atoms with Gasteiger partial charge >= 0.3 is 0 Å². The SMILES string of the molecule is O=C1c2ccccc2CC1C1c2ccccc2C(=O)N1c1ccccc1. The molecule has 0 saturated carbocycles. The minimum absolute atomic E-state index is 0.0273. The van der Waals surface area contributed by atoms with E-state index in [1.807, 2.05) is 78.9 Å². The van der Waals surface area contributed by atoms with E-state index in [9.17, 15) is 9.59 Å². The summed E-state index contributed by atoms with van der Waals surface area (Å²) >= 11 is 0. The number of fused-ring (bicyclic) bond motifs is 2. The first kappa shape index (κ1) is 15.1. The van der Waals surface area contributed by atoms with Gasteiger partial charge in [-0.05, 0) is 35.7 Å². The summed E-state index contributed by atoms with van der Waals surface area (Å²) in [7, 11) is 0. The summed E-state index contributed by atoms with van der Waals surface area (Å²) in [4.78, 5) is 28.1. The van der Waals surface area contributed by atoms with Crippen molar-refractivity contribution in [3.63, 3.8) is 0 Å². The number of hydrogen-bond donors (Lipinski definition) is 0. The normalized spacial score (nSPS) is 21.0. The van der Waals surface area contributed by atoms with Crippen LogP contribution in [0.15, 0.2) is 78.9 Å². The first-order valence-electron chi connectivity index (χ1n) is 8.85. The molecular weight excluding hydrogens is 322 g/mol. The second kappa shape index (κ2) is 5.67. The highest BCUT2D eigenvalue weighted by Crippen LogP contribution is 2.46. The van der Waals surface area contributed by atoms with E-state index in [1.54, 1.807) is 4.90 Å². The molecule has 3 aromatic carbocycles. The number of Topliss-reactive ketones (excluding diaryl/α,β-unsaturated/α-hetero) is 1. The van der Waals surface area contributed by atoms with E-state index in [0.717, 1.165) is 22.4 Å². The predicted molar refractivity (Wildman–Crippen MR) is 100 cm³/mol. The van der Waals surface area contributed by atoms with E-state index in [2.05, 4.69) is 0 Å². The van der Waals surface area contributed by atoms with Gasteiger partial charge in [0, 0.05) is 16.8 Å². The summed E-state index contributed by atoms with van der Waals surface area (Å²) in [5.74, 6) is -0.142. The van der Waals surface area contributed by atoms with Gasteiger partial charge in [-0.3, -0.25) is 9.59 Å². The second-order valence-corrected chi connectivity index (χ2v) is 6.87. The van der Waals surface area contributed by atoms with E-state index >= 15 is 0 Å². The van der Waals surface area contributed by atoms with E-state index in [4.69, 9.17) is 0 Å². The van der Waals surface area contributed by atoms with Crippen LogP contribution < -0.4 is 4.90 Å². The minimum Gasteiger partial charge on any atom is -0.300 e. The summed E-state index contributed by atoms with van der Waals surface area (Å²) in [5, 5.41) is 0. The van der Waals surface area contributed by atoms with Crippen LogP contribution in [0.2, 0.25) is 0 Å². The van der Waals surface area contributed by atoms with Gasteiger partial charge in [0.05, 0.1) is 12.0 Å². The molecule has 0 radical (unpaired) electrons. The molecule has 0 aromatic heterocycles. The van der Waals surface area contributed by atoms with Crippen LogP contribution in [-0.4, -0.2) is 11.7 Å². The van der Waals surface area contributed by atoms with Crippen LogP contribution in [0, 0.1) is 5.92 Å². The monoisotopic (exact) mass is 339 g/mol. The van der Waals surface area contributed by atoms with Crippen molar-refractivity contribution in [2.75, 3.05) is 4.90 Å². The van der Waals surface area contributed by atoms with Gasteiger partial charge in [0.1, 0.15) is 0 Å². The maximum absolute atomic E-state index is 13.2. The Morgan fingerprint density at radius 3 is 2.15 bits per heavy atom. The summed E-state index contributed by atoms with van der Waals surface area (Å²) < 4.78 is 0. The lowest BCUT2D eigenvalue weighted by atomic mass is 9.89. The molecule has 126 valence electrons. The molecule has 0 bridgehead atoms. The van der Waals surface area contributed by atoms with E-state index in [1.165, 1.54) is 0 Å². The van der Waals surface area contributed by atoms with Crippen molar-refractivity contribution < 1.29 is 9.59 Å². The van der Waals surface area contributed by atoms with Gasteiger partial charge in [-0.25, -0.2) is 0 Å². The van der Waals surface area contributed by atoms with Crippen molar-refractivity contribution in [1.29, 1.82) is 0 Å². The van der Waals surface area contributed by atoms with E-state index in [-0.39, 0.29) is 23.7 Å². The van der Waals surface area contributed by atoms with Crippen molar-refractivity contribution >= 4 is 17.4 Å². The maximum Gasteiger partial charge on any atom is 0.259 e. The molecule has 0 spiro atoms. The van der Waals surface area contributed by atoms with Crippen molar-refractivity contribution in [1.82, 2.24) is 0 Å². The van der Waals surface area contributed by atoms with Crippen LogP contribution in [0.3, 0.4) is 0 Å². The molecule has 3 nitrogen and oxygen atoms in total. The molecule has 2 atom stereocenters. The topological polar surface area (TPSA) is 37.4 Å². The fourth-order valence-electron chi connectivity index (χ4n) is 4.33. The molecule has 0 fully saturated rings. The van der Waals surface area contributed by atoms with Crippen LogP contribution in [-0.2, 0) is 6.42 Å². The Labute approximate surface area is 151 Å². The maximum atomic E-state index is 13.2. The van der Waals surface area contributed by atoms with Crippen LogP contribution in [0.5, 0.6) is 0 Å². The van der Waals surface area contributed by atoms with Crippen molar-refractivity contribution in [2.24, 2.45) is 5.92 Å². The third-order valence-corrected chi connectivity index (χ3v) is 5.48. The first-order chi connectivity index (χ1) is 12.8. The van der Waals surface area contributed by atoms with Gasteiger partial charge in [-0.1, -0.05) is 60.7 Å². The number of amides is 1. The summed E-state index contributed by atoms with van der Waals surface area (Å²) in [6.07, 6.45) is 0.671. The van der Waals surface area contributed by atoms with Crippen molar-refractivity contribution in [3.8, 4) is 0 Å². The van der Waals surface area contributed by atoms with Crippen LogP contribution in [0.4, 0.5) is 5.69 Å². The zero-order valence-electron chi connectivity index (χ0n) is 14.1. The molecule has 3 aromatic rings. The molecular formula is C23H17NO2. The smallest absolute Gasteiger partial charge is 0.259 e. The number of carbonyl (C=O) groups is 2. The number of ketones is 1. The average molecular weight is 339 g/mol. The number of rotatable bonds is 2. The quantitative estimate of drug-likeness (QED) is 0.692. The second-order valence-electron chi connectivity index (χ2n) is 6.87.